The SMILES string of the molecule is CC(COc1cccc(-n2ccnc2C2CC2)c1)Oc1c(F)cccc1C#N. The van der Waals surface area contributed by atoms with Gasteiger partial charge in [0, 0.05) is 24.4 Å². The van der Waals surface area contributed by atoms with Gasteiger partial charge < -0.3 is 14.0 Å². The van der Waals surface area contributed by atoms with Gasteiger partial charge in [-0.05, 0) is 44.0 Å². The summed E-state index contributed by atoms with van der Waals surface area (Å²) < 4.78 is 27.5. The average molecular weight is 377 g/mol. The summed E-state index contributed by atoms with van der Waals surface area (Å²) in [6.07, 6.45) is 5.71. The highest BCUT2D eigenvalue weighted by atomic mass is 19.1. The van der Waals surface area contributed by atoms with Crippen LogP contribution in [0.15, 0.2) is 54.9 Å². The van der Waals surface area contributed by atoms with Crippen molar-refractivity contribution >= 4 is 0 Å². The summed E-state index contributed by atoms with van der Waals surface area (Å²) in [5.41, 5.74) is 1.16. The lowest BCUT2D eigenvalue weighted by Gasteiger charge is -2.17. The van der Waals surface area contributed by atoms with Crippen LogP contribution in [0.5, 0.6) is 11.5 Å². The Balaban J connectivity index is 1.43. The molecule has 1 saturated carbocycles. The van der Waals surface area contributed by atoms with Crippen LogP contribution in [0.4, 0.5) is 4.39 Å². The van der Waals surface area contributed by atoms with Gasteiger partial charge in [-0.3, -0.25) is 0 Å². The van der Waals surface area contributed by atoms with E-state index in [0.29, 0.717) is 11.7 Å². The monoisotopic (exact) mass is 377 g/mol. The standard InChI is InChI=1S/C22H20FN3O2/c1-15(28-21-17(13-24)4-2-7-20(21)23)14-27-19-6-3-5-18(12-19)26-11-10-25-22(26)16-8-9-16/h2-7,10-12,15-16H,8-9,14H2,1H3. The van der Waals surface area contributed by atoms with Crippen molar-refractivity contribution in [3.63, 3.8) is 0 Å². The number of nitrogens with zero attached hydrogens (tertiary/aromatic N) is 3. The van der Waals surface area contributed by atoms with Gasteiger partial charge in [0.05, 0.1) is 11.3 Å². The molecule has 6 heteroatoms. The molecule has 0 N–H and O–H groups in total. The molecule has 1 aromatic heterocycles. The lowest BCUT2D eigenvalue weighted by atomic mass is 10.2. The Morgan fingerprint density at radius 3 is 2.89 bits per heavy atom. The Morgan fingerprint density at radius 2 is 2.11 bits per heavy atom. The summed E-state index contributed by atoms with van der Waals surface area (Å²) >= 11 is 0. The Bertz CT molecular complexity index is 1020. The number of ether oxygens (including phenoxy) is 2. The van der Waals surface area contributed by atoms with Crippen molar-refractivity contribution in [2.24, 2.45) is 0 Å². The van der Waals surface area contributed by atoms with Gasteiger partial charge in [-0.15, -0.1) is 0 Å². The molecule has 0 radical (unpaired) electrons. The van der Waals surface area contributed by atoms with Crippen molar-refractivity contribution < 1.29 is 13.9 Å². The molecule has 142 valence electrons. The van der Waals surface area contributed by atoms with Gasteiger partial charge in [0.15, 0.2) is 11.6 Å². The highest BCUT2D eigenvalue weighted by Gasteiger charge is 2.28. The topological polar surface area (TPSA) is 60.1 Å². The molecule has 0 spiro atoms. The summed E-state index contributed by atoms with van der Waals surface area (Å²) in [7, 11) is 0. The van der Waals surface area contributed by atoms with Crippen LogP contribution in [0.25, 0.3) is 5.69 Å². The van der Waals surface area contributed by atoms with E-state index in [4.69, 9.17) is 14.7 Å². The highest BCUT2D eigenvalue weighted by molar-refractivity contribution is 5.44. The first kappa shape index (κ1) is 18.1. The third kappa shape index (κ3) is 3.84. The number of para-hydroxylation sites is 1. The molecule has 3 aromatic rings. The highest BCUT2D eigenvalue weighted by Crippen LogP contribution is 2.40. The fraction of sp³-hybridized carbons (Fsp3) is 0.273. The largest absolute Gasteiger partial charge is 0.490 e. The van der Waals surface area contributed by atoms with Gasteiger partial charge in [-0.25, -0.2) is 9.37 Å². The molecule has 1 unspecified atom stereocenters. The van der Waals surface area contributed by atoms with Crippen molar-refractivity contribution in [3.05, 3.63) is 72.1 Å². The Kier molecular flexibility index (Phi) is 4.98. The molecule has 0 amide bonds. The number of benzene rings is 2. The fourth-order valence-electron chi connectivity index (χ4n) is 3.07. The number of hydrogen-bond acceptors (Lipinski definition) is 4. The van der Waals surface area contributed by atoms with Crippen molar-refractivity contribution in [2.75, 3.05) is 6.61 Å². The van der Waals surface area contributed by atoms with Crippen LogP contribution in [0.3, 0.4) is 0 Å². The first-order chi connectivity index (χ1) is 13.7. The Morgan fingerprint density at radius 1 is 1.29 bits per heavy atom. The van der Waals surface area contributed by atoms with E-state index >= 15 is 0 Å². The fourth-order valence-corrected chi connectivity index (χ4v) is 3.07. The third-order valence-electron chi connectivity index (χ3n) is 4.60. The molecular formula is C22H20FN3O2. The molecule has 28 heavy (non-hydrogen) atoms. The van der Waals surface area contributed by atoms with Gasteiger partial charge in [-0.2, -0.15) is 5.26 Å². The lowest BCUT2D eigenvalue weighted by Crippen LogP contribution is -2.22. The number of nitriles is 1. The molecule has 1 fully saturated rings. The molecule has 1 aliphatic carbocycles. The third-order valence-corrected chi connectivity index (χ3v) is 4.60. The number of hydrogen-bond donors (Lipinski definition) is 0. The number of imidazole rings is 1. The Labute approximate surface area is 163 Å². The number of aromatic nitrogens is 2. The van der Waals surface area contributed by atoms with Crippen LogP contribution < -0.4 is 9.47 Å². The van der Waals surface area contributed by atoms with Crippen LogP contribution >= 0.6 is 0 Å². The molecule has 1 heterocycles. The molecule has 1 aliphatic rings. The van der Waals surface area contributed by atoms with E-state index in [1.165, 1.54) is 31.0 Å². The van der Waals surface area contributed by atoms with Crippen LogP contribution in [0.1, 0.15) is 37.1 Å². The maximum Gasteiger partial charge on any atom is 0.173 e. The normalized spacial score (nSPS) is 14.3. The minimum atomic E-state index is -0.555. The minimum absolute atomic E-state index is 0.0395. The zero-order valence-corrected chi connectivity index (χ0v) is 15.5. The zero-order chi connectivity index (χ0) is 19.5. The van der Waals surface area contributed by atoms with Crippen molar-refractivity contribution in [3.8, 4) is 23.3 Å². The van der Waals surface area contributed by atoms with E-state index in [1.807, 2.05) is 42.7 Å². The minimum Gasteiger partial charge on any atom is -0.490 e. The molecule has 0 bridgehead atoms. The predicted octanol–water partition coefficient (Wildman–Crippen LogP) is 4.61. The summed E-state index contributed by atoms with van der Waals surface area (Å²) in [6.45, 7) is 2.00. The molecule has 0 saturated heterocycles. The van der Waals surface area contributed by atoms with Gasteiger partial charge in [-0.1, -0.05) is 12.1 Å². The molecule has 5 nitrogen and oxygen atoms in total. The summed E-state index contributed by atoms with van der Waals surface area (Å²) in [6, 6.07) is 14.0. The smallest absolute Gasteiger partial charge is 0.173 e. The lowest BCUT2D eigenvalue weighted by molar-refractivity contribution is 0.138. The van der Waals surface area contributed by atoms with Crippen LogP contribution in [-0.2, 0) is 0 Å². The Hall–Kier alpha value is -3.33. The van der Waals surface area contributed by atoms with Crippen molar-refractivity contribution in [1.82, 2.24) is 9.55 Å². The van der Waals surface area contributed by atoms with E-state index in [1.54, 1.807) is 6.92 Å². The van der Waals surface area contributed by atoms with E-state index in [-0.39, 0.29) is 17.9 Å². The van der Waals surface area contributed by atoms with E-state index in [2.05, 4.69) is 9.55 Å². The van der Waals surface area contributed by atoms with Gasteiger partial charge in [0.2, 0.25) is 0 Å². The van der Waals surface area contributed by atoms with Crippen molar-refractivity contribution in [1.29, 1.82) is 5.26 Å². The summed E-state index contributed by atoms with van der Waals surface area (Å²) in [5, 5.41) is 9.12. The summed E-state index contributed by atoms with van der Waals surface area (Å²) in [4.78, 5) is 4.47. The zero-order valence-electron chi connectivity index (χ0n) is 15.5. The predicted molar refractivity (Wildman–Crippen MR) is 102 cm³/mol. The van der Waals surface area contributed by atoms with Crippen LogP contribution in [0.2, 0.25) is 0 Å². The maximum atomic E-state index is 14.0. The molecule has 0 aliphatic heterocycles. The second kappa shape index (κ2) is 7.73. The van der Waals surface area contributed by atoms with E-state index in [9.17, 15) is 4.39 Å². The van der Waals surface area contributed by atoms with Gasteiger partial charge in [0.1, 0.15) is 30.4 Å². The first-order valence-electron chi connectivity index (χ1n) is 9.27. The van der Waals surface area contributed by atoms with Crippen LogP contribution in [0, 0.1) is 17.1 Å². The van der Waals surface area contributed by atoms with Gasteiger partial charge in [0.25, 0.3) is 0 Å². The average Bonchev–Trinajstić information content (AvgIpc) is 3.44. The second-order valence-corrected chi connectivity index (χ2v) is 6.89. The number of rotatable bonds is 7. The number of halogens is 1. The molecule has 4 rings (SSSR count). The first-order valence-corrected chi connectivity index (χ1v) is 9.27. The quantitative estimate of drug-likeness (QED) is 0.603. The maximum absolute atomic E-state index is 14.0. The summed E-state index contributed by atoms with van der Waals surface area (Å²) in [5.74, 6) is 1.72. The molecule has 1 atom stereocenters. The molecule has 2 aromatic carbocycles. The molecular weight excluding hydrogens is 357 g/mol. The van der Waals surface area contributed by atoms with Gasteiger partial charge >= 0.3 is 0 Å². The van der Waals surface area contributed by atoms with E-state index in [0.717, 1.165) is 11.5 Å². The second-order valence-electron chi connectivity index (χ2n) is 6.89. The van der Waals surface area contributed by atoms with E-state index < -0.39 is 11.9 Å². The van der Waals surface area contributed by atoms with Crippen molar-refractivity contribution in [2.45, 2.75) is 31.8 Å². The van der Waals surface area contributed by atoms with Crippen LogP contribution in [-0.4, -0.2) is 22.3 Å².